The predicted molar refractivity (Wildman–Crippen MR) is 195 cm³/mol. The van der Waals surface area contributed by atoms with Crippen LogP contribution in [0.15, 0.2) is 103 Å². The van der Waals surface area contributed by atoms with Gasteiger partial charge in [-0.3, -0.25) is 0 Å². The lowest BCUT2D eigenvalue weighted by Gasteiger charge is -2.76. The fraction of sp³-hybridized carbons (Fsp3) is 0.391. The van der Waals surface area contributed by atoms with Crippen molar-refractivity contribution in [1.29, 1.82) is 0 Å². The summed E-state index contributed by atoms with van der Waals surface area (Å²) < 4.78 is 0. The Bertz CT molecular complexity index is 2170. The van der Waals surface area contributed by atoms with Crippen molar-refractivity contribution in [2.45, 2.75) is 82.5 Å². The van der Waals surface area contributed by atoms with Crippen LogP contribution in [0.4, 0.5) is 17.1 Å². The van der Waals surface area contributed by atoms with Gasteiger partial charge in [-0.25, -0.2) is 0 Å². The minimum atomic E-state index is 0.155. The molecule has 0 aliphatic heterocycles. The van der Waals surface area contributed by atoms with Gasteiger partial charge >= 0.3 is 0 Å². The largest absolute Gasteiger partial charge is 0.310 e. The smallest absolute Gasteiger partial charge is 0.0468 e. The molecule has 4 saturated carbocycles. The Labute approximate surface area is 280 Å². The fourth-order valence-electron chi connectivity index (χ4n) is 12.9. The molecule has 4 fully saturated rings. The van der Waals surface area contributed by atoms with E-state index in [2.05, 4.69) is 136 Å². The van der Waals surface area contributed by atoms with E-state index < -0.39 is 0 Å². The molecule has 5 aromatic rings. The predicted octanol–water partition coefficient (Wildman–Crippen LogP) is 12.0. The molecule has 2 spiro atoms. The molecular weight excluding hydrogens is 567 g/mol. The van der Waals surface area contributed by atoms with Gasteiger partial charge in [-0.2, -0.15) is 0 Å². The average Bonchev–Trinajstić information content (AvgIpc) is 3.70. The van der Waals surface area contributed by atoms with Gasteiger partial charge in [-0.05, 0) is 159 Å². The van der Waals surface area contributed by atoms with Gasteiger partial charge in [0, 0.05) is 22.5 Å². The standard InChI is InChI=1S/C46H45N/c1-43(2)19-20-44(3,4)40-26-34(16-18-38(40)43)47(32-14-13-29-9-5-6-10-30(29)23-32)33-15-17-36-35-11-7-8-12-37(35)46(39(36)25-33)41-22-28-21-31-24-42(46)45(31,41)27-28/h5-18,23,25-26,28,31,41-42H,19-22,24,27H2,1-4H3. The van der Waals surface area contributed by atoms with Gasteiger partial charge in [-0.1, -0.05) is 94.4 Å². The lowest BCUT2D eigenvalue weighted by atomic mass is 9.27. The van der Waals surface area contributed by atoms with Crippen LogP contribution in [-0.2, 0) is 16.2 Å². The highest BCUT2D eigenvalue weighted by Gasteiger charge is 2.84. The zero-order valence-corrected chi connectivity index (χ0v) is 28.3. The lowest BCUT2D eigenvalue weighted by Crippen LogP contribution is -2.73. The highest BCUT2D eigenvalue weighted by Crippen LogP contribution is 2.89. The molecule has 5 aromatic carbocycles. The molecule has 6 atom stereocenters. The second-order valence-electron chi connectivity index (χ2n) is 17.7. The van der Waals surface area contributed by atoms with Crippen LogP contribution in [0.25, 0.3) is 21.9 Å². The van der Waals surface area contributed by atoms with E-state index in [-0.39, 0.29) is 16.2 Å². The van der Waals surface area contributed by atoms with Crippen molar-refractivity contribution in [3.63, 3.8) is 0 Å². The molecule has 0 heterocycles. The van der Waals surface area contributed by atoms with Crippen molar-refractivity contribution in [1.82, 2.24) is 0 Å². The molecule has 6 unspecified atom stereocenters. The van der Waals surface area contributed by atoms with E-state index in [9.17, 15) is 0 Å². The topological polar surface area (TPSA) is 3.24 Å². The fourth-order valence-corrected chi connectivity index (χ4v) is 12.9. The molecule has 6 aliphatic carbocycles. The summed E-state index contributed by atoms with van der Waals surface area (Å²) >= 11 is 0. The summed E-state index contributed by atoms with van der Waals surface area (Å²) in [5.74, 6) is 3.59. The van der Waals surface area contributed by atoms with Gasteiger partial charge < -0.3 is 4.90 Å². The molecule has 1 heteroatoms. The monoisotopic (exact) mass is 611 g/mol. The van der Waals surface area contributed by atoms with E-state index in [4.69, 9.17) is 0 Å². The molecule has 47 heavy (non-hydrogen) atoms. The average molecular weight is 612 g/mol. The summed E-state index contributed by atoms with van der Waals surface area (Å²) in [6, 6.07) is 40.4. The van der Waals surface area contributed by atoms with Gasteiger partial charge in [0.05, 0.1) is 0 Å². The van der Waals surface area contributed by atoms with E-state index in [1.807, 2.05) is 0 Å². The molecule has 11 rings (SSSR count). The molecule has 234 valence electrons. The maximum absolute atomic E-state index is 2.66. The van der Waals surface area contributed by atoms with Crippen LogP contribution in [0, 0.1) is 29.1 Å². The molecule has 0 saturated heterocycles. The van der Waals surface area contributed by atoms with Crippen molar-refractivity contribution in [3.05, 3.63) is 125 Å². The quantitative estimate of drug-likeness (QED) is 0.196. The third-order valence-corrected chi connectivity index (χ3v) is 15.0. The second kappa shape index (κ2) is 8.59. The van der Waals surface area contributed by atoms with Crippen LogP contribution in [-0.4, -0.2) is 0 Å². The Kier molecular flexibility index (Phi) is 4.96. The van der Waals surface area contributed by atoms with Crippen molar-refractivity contribution < 1.29 is 0 Å². The van der Waals surface area contributed by atoms with Crippen molar-refractivity contribution >= 4 is 27.8 Å². The maximum atomic E-state index is 2.66. The van der Waals surface area contributed by atoms with Crippen LogP contribution in [0.5, 0.6) is 0 Å². The SMILES string of the molecule is CC1(C)CCC(C)(C)c2cc(N(c3ccc4c(c3)C3(c5ccccc5-4)C4CC5CC6CC3C64C5)c3ccc4ccccc4c3)ccc21. The maximum Gasteiger partial charge on any atom is 0.0468 e. The number of hydrogen-bond donors (Lipinski definition) is 0. The van der Waals surface area contributed by atoms with Gasteiger partial charge in [0.15, 0.2) is 0 Å². The van der Waals surface area contributed by atoms with Crippen LogP contribution < -0.4 is 4.90 Å². The first-order valence-electron chi connectivity index (χ1n) is 18.4. The van der Waals surface area contributed by atoms with E-state index in [0.29, 0.717) is 5.41 Å². The summed E-state index contributed by atoms with van der Waals surface area (Å²) in [5.41, 5.74) is 14.4. The Morgan fingerprint density at radius 1 is 0.532 bits per heavy atom. The van der Waals surface area contributed by atoms with E-state index in [1.54, 1.807) is 11.1 Å². The molecule has 6 aliphatic rings. The molecule has 0 radical (unpaired) electrons. The molecule has 0 amide bonds. The molecule has 0 aromatic heterocycles. The Balaban J connectivity index is 1.13. The number of anilines is 3. The number of rotatable bonds is 3. The van der Waals surface area contributed by atoms with Crippen LogP contribution in [0.2, 0.25) is 0 Å². The summed E-state index contributed by atoms with van der Waals surface area (Å²) in [7, 11) is 0. The van der Waals surface area contributed by atoms with Gasteiger partial charge in [-0.15, -0.1) is 0 Å². The first-order chi connectivity index (χ1) is 22.7. The second-order valence-corrected chi connectivity index (χ2v) is 17.7. The third-order valence-electron chi connectivity index (χ3n) is 15.0. The Morgan fingerprint density at radius 2 is 1.17 bits per heavy atom. The number of benzene rings is 5. The van der Waals surface area contributed by atoms with Crippen LogP contribution >= 0.6 is 0 Å². The number of fused-ring (bicyclic) bond motifs is 10. The van der Waals surface area contributed by atoms with Crippen molar-refractivity contribution in [3.8, 4) is 11.1 Å². The Morgan fingerprint density at radius 3 is 2.00 bits per heavy atom. The number of hydrogen-bond acceptors (Lipinski definition) is 1. The number of nitrogens with zero attached hydrogens (tertiary/aromatic N) is 1. The minimum Gasteiger partial charge on any atom is -0.310 e. The summed E-state index contributed by atoms with van der Waals surface area (Å²) in [4.78, 5) is 2.58. The van der Waals surface area contributed by atoms with Crippen LogP contribution in [0.3, 0.4) is 0 Å². The minimum absolute atomic E-state index is 0.155. The highest BCUT2D eigenvalue weighted by molar-refractivity contribution is 5.91. The van der Waals surface area contributed by atoms with Gasteiger partial charge in [0.2, 0.25) is 0 Å². The molecule has 0 N–H and O–H groups in total. The normalized spacial score (nSPS) is 32.3. The van der Waals surface area contributed by atoms with Crippen LogP contribution in [0.1, 0.15) is 88.5 Å². The zero-order valence-electron chi connectivity index (χ0n) is 28.3. The first-order valence-corrected chi connectivity index (χ1v) is 18.4. The van der Waals surface area contributed by atoms with E-state index >= 15 is 0 Å². The van der Waals surface area contributed by atoms with Gasteiger partial charge in [0.25, 0.3) is 0 Å². The van der Waals surface area contributed by atoms with Crippen molar-refractivity contribution in [2.75, 3.05) is 4.90 Å². The van der Waals surface area contributed by atoms with E-state index in [1.165, 1.54) is 88.6 Å². The molecular formula is C46H45N. The summed E-state index contributed by atoms with van der Waals surface area (Å²) in [5, 5.41) is 2.59. The molecule has 2 bridgehead atoms. The molecule has 1 nitrogen and oxygen atoms in total. The first kappa shape index (κ1) is 27.1. The summed E-state index contributed by atoms with van der Waals surface area (Å²) in [6.07, 6.45) is 8.36. The van der Waals surface area contributed by atoms with Gasteiger partial charge in [0.1, 0.15) is 0 Å². The van der Waals surface area contributed by atoms with Crippen molar-refractivity contribution in [2.24, 2.45) is 29.1 Å². The summed E-state index contributed by atoms with van der Waals surface area (Å²) in [6.45, 7) is 9.78. The third kappa shape index (κ3) is 3.14. The zero-order chi connectivity index (χ0) is 31.5. The Hall–Kier alpha value is -3.84. The van der Waals surface area contributed by atoms with E-state index in [0.717, 1.165) is 23.7 Å². The lowest BCUT2D eigenvalue weighted by molar-refractivity contribution is -0.231. The highest BCUT2D eigenvalue weighted by atomic mass is 15.1.